The van der Waals surface area contributed by atoms with Crippen LogP contribution < -0.4 is 0 Å². The third-order valence-electron chi connectivity index (χ3n) is 2.95. The summed E-state index contributed by atoms with van der Waals surface area (Å²) in [4.78, 5) is 12.9. The van der Waals surface area contributed by atoms with Crippen molar-refractivity contribution in [3.05, 3.63) is 24.4 Å². The van der Waals surface area contributed by atoms with Gasteiger partial charge in [-0.15, -0.1) is 0 Å². The molecule has 2 aromatic heterocycles. The number of aromatic nitrogens is 5. The Balaban J connectivity index is 2.34. The van der Waals surface area contributed by atoms with Crippen LogP contribution >= 0.6 is 0 Å². The van der Waals surface area contributed by atoms with Crippen LogP contribution in [-0.2, 0) is 13.0 Å². The van der Waals surface area contributed by atoms with Gasteiger partial charge in [-0.2, -0.15) is 5.10 Å². The Labute approximate surface area is 118 Å². The van der Waals surface area contributed by atoms with Crippen molar-refractivity contribution in [3.8, 4) is 11.5 Å². The summed E-state index contributed by atoms with van der Waals surface area (Å²) in [5, 5.41) is 14.3. The Bertz CT molecular complexity index is 538. The number of nitrogens with zero attached hydrogens (tertiary/aromatic N) is 5. The van der Waals surface area contributed by atoms with Gasteiger partial charge in [-0.25, -0.2) is 14.6 Å². The second-order valence-electron chi connectivity index (χ2n) is 5.28. The van der Waals surface area contributed by atoms with Gasteiger partial charge in [0.2, 0.25) is 0 Å². The van der Waals surface area contributed by atoms with Crippen molar-refractivity contribution in [1.29, 1.82) is 0 Å². The average molecular weight is 275 g/mol. The molecule has 2 rings (SSSR count). The topological polar surface area (TPSA) is 76.7 Å². The van der Waals surface area contributed by atoms with Crippen molar-refractivity contribution >= 4 is 0 Å². The zero-order valence-corrected chi connectivity index (χ0v) is 12.2. The van der Waals surface area contributed by atoms with Crippen LogP contribution in [0.25, 0.3) is 11.5 Å². The van der Waals surface area contributed by atoms with Crippen LogP contribution in [0.3, 0.4) is 0 Å². The first kappa shape index (κ1) is 14.6. The summed E-state index contributed by atoms with van der Waals surface area (Å²) in [5.74, 6) is 1.93. The highest BCUT2D eigenvalue weighted by atomic mass is 16.3. The van der Waals surface area contributed by atoms with E-state index in [1.807, 2.05) is 6.92 Å². The lowest BCUT2D eigenvalue weighted by molar-refractivity contribution is 0.145. The fraction of sp³-hybridized carbons (Fsp3) is 0.571. The van der Waals surface area contributed by atoms with Crippen LogP contribution in [0.4, 0.5) is 0 Å². The number of aliphatic hydroxyl groups is 1. The molecule has 2 heterocycles. The van der Waals surface area contributed by atoms with E-state index in [0.717, 1.165) is 12.2 Å². The molecule has 2 aromatic rings. The van der Waals surface area contributed by atoms with Gasteiger partial charge in [0.1, 0.15) is 5.69 Å². The number of hydrogen-bond donors (Lipinski definition) is 1. The summed E-state index contributed by atoms with van der Waals surface area (Å²) in [6, 6.07) is 0. The molecule has 20 heavy (non-hydrogen) atoms. The lowest BCUT2D eigenvalue weighted by Gasteiger charge is -2.09. The first-order valence-electron chi connectivity index (χ1n) is 6.98. The first-order valence-corrected chi connectivity index (χ1v) is 6.98. The minimum Gasteiger partial charge on any atom is -0.391 e. The fourth-order valence-electron chi connectivity index (χ4n) is 1.90. The standard InChI is InChI=1S/C14H21N5O/c1-4-11(20)9-19-14(12-8-15-5-6-16-12)17-13(18-19)7-10(2)3/h5-6,8,10-11,20H,4,7,9H2,1-3H3/t11-/m0/s1. The van der Waals surface area contributed by atoms with Crippen molar-refractivity contribution in [2.45, 2.75) is 46.3 Å². The predicted molar refractivity (Wildman–Crippen MR) is 75.9 cm³/mol. The number of rotatable bonds is 6. The molecule has 1 N–H and O–H groups in total. The zero-order chi connectivity index (χ0) is 14.5. The Morgan fingerprint density at radius 3 is 2.70 bits per heavy atom. The predicted octanol–water partition coefficient (Wildman–Crippen LogP) is 1.70. The molecule has 0 aliphatic carbocycles. The Hall–Kier alpha value is -1.82. The number of hydrogen-bond acceptors (Lipinski definition) is 5. The SMILES string of the molecule is CC[C@H](O)Cn1nc(CC(C)C)nc1-c1cnccn1. The largest absolute Gasteiger partial charge is 0.391 e. The molecule has 0 saturated carbocycles. The second-order valence-corrected chi connectivity index (χ2v) is 5.28. The molecule has 0 fully saturated rings. The monoisotopic (exact) mass is 275 g/mol. The van der Waals surface area contributed by atoms with E-state index < -0.39 is 6.10 Å². The summed E-state index contributed by atoms with van der Waals surface area (Å²) in [6.07, 6.45) is 5.98. The summed E-state index contributed by atoms with van der Waals surface area (Å²) >= 11 is 0. The van der Waals surface area contributed by atoms with Gasteiger partial charge in [0.25, 0.3) is 0 Å². The Morgan fingerprint density at radius 1 is 1.30 bits per heavy atom. The van der Waals surface area contributed by atoms with E-state index in [4.69, 9.17) is 0 Å². The highest BCUT2D eigenvalue weighted by molar-refractivity contribution is 5.47. The van der Waals surface area contributed by atoms with Gasteiger partial charge in [-0.3, -0.25) is 4.98 Å². The van der Waals surface area contributed by atoms with Gasteiger partial charge in [0.05, 0.1) is 18.8 Å². The maximum Gasteiger partial charge on any atom is 0.178 e. The van der Waals surface area contributed by atoms with Gasteiger partial charge in [-0.1, -0.05) is 20.8 Å². The maximum atomic E-state index is 9.85. The molecule has 0 saturated heterocycles. The van der Waals surface area contributed by atoms with E-state index in [1.165, 1.54) is 0 Å². The minimum atomic E-state index is -0.431. The molecule has 0 aromatic carbocycles. The molecule has 0 aliphatic rings. The molecule has 0 spiro atoms. The van der Waals surface area contributed by atoms with Crippen molar-refractivity contribution in [2.75, 3.05) is 0 Å². The molecule has 0 bridgehead atoms. The smallest absolute Gasteiger partial charge is 0.178 e. The van der Waals surface area contributed by atoms with Crippen molar-refractivity contribution in [1.82, 2.24) is 24.7 Å². The van der Waals surface area contributed by atoms with Gasteiger partial charge in [0, 0.05) is 18.8 Å². The van der Waals surface area contributed by atoms with E-state index in [9.17, 15) is 5.11 Å². The zero-order valence-electron chi connectivity index (χ0n) is 12.2. The van der Waals surface area contributed by atoms with Gasteiger partial charge in [0.15, 0.2) is 11.6 Å². The highest BCUT2D eigenvalue weighted by Crippen LogP contribution is 2.16. The van der Waals surface area contributed by atoms with Crippen LogP contribution in [0.5, 0.6) is 0 Å². The van der Waals surface area contributed by atoms with Gasteiger partial charge < -0.3 is 5.11 Å². The summed E-state index contributed by atoms with van der Waals surface area (Å²) in [7, 11) is 0. The van der Waals surface area contributed by atoms with Crippen molar-refractivity contribution in [2.24, 2.45) is 5.92 Å². The number of aliphatic hydroxyl groups excluding tert-OH is 1. The van der Waals surface area contributed by atoms with Crippen molar-refractivity contribution < 1.29 is 5.11 Å². The van der Waals surface area contributed by atoms with Crippen LogP contribution in [0.2, 0.25) is 0 Å². The fourth-order valence-corrected chi connectivity index (χ4v) is 1.90. The van der Waals surface area contributed by atoms with E-state index in [1.54, 1.807) is 23.3 Å². The Kier molecular flexibility index (Phi) is 4.79. The lowest BCUT2D eigenvalue weighted by atomic mass is 10.1. The first-order chi connectivity index (χ1) is 9.60. The summed E-state index contributed by atoms with van der Waals surface area (Å²) in [5.41, 5.74) is 0.679. The molecule has 108 valence electrons. The van der Waals surface area contributed by atoms with Crippen LogP contribution in [0, 0.1) is 5.92 Å². The molecule has 6 heteroatoms. The molecule has 0 amide bonds. The third kappa shape index (κ3) is 3.60. The average Bonchev–Trinajstić information content (AvgIpc) is 2.81. The Morgan fingerprint density at radius 2 is 2.10 bits per heavy atom. The molecule has 0 aliphatic heterocycles. The molecule has 0 unspecified atom stereocenters. The maximum absolute atomic E-state index is 9.85. The van der Waals surface area contributed by atoms with Gasteiger partial charge in [-0.05, 0) is 12.3 Å². The lowest BCUT2D eigenvalue weighted by Crippen LogP contribution is -2.17. The highest BCUT2D eigenvalue weighted by Gasteiger charge is 2.16. The van der Waals surface area contributed by atoms with Crippen LogP contribution in [-0.4, -0.2) is 35.9 Å². The van der Waals surface area contributed by atoms with E-state index >= 15 is 0 Å². The summed E-state index contributed by atoms with van der Waals surface area (Å²) < 4.78 is 1.73. The van der Waals surface area contributed by atoms with E-state index in [2.05, 4.69) is 33.9 Å². The quantitative estimate of drug-likeness (QED) is 0.868. The van der Waals surface area contributed by atoms with Crippen LogP contribution in [0.1, 0.15) is 33.0 Å². The second kappa shape index (κ2) is 6.56. The molecular weight excluding hydrogens is 254 g/mol. The molecule has 1 atom stereocenters. The van der Waals surface area contributed by atoms with Gasteiger partial charge >= 0.3 is 0 Å². The van der Waals surface area contributed by atoms with Crippen molar-refractivity contribution in [3.63, 3.8) is 0 Å². The molecule has 0 radical (unpaired) electrons. The third-order valence-corrected chi connectivity index (χ3v) is 2.95. The van der Waals surface area contributed by atoms with E-state index in [-0.39, 0.29) is 0 Å². The van der Waals surface area contributed by atoms with E-state index in [0.29, 0.717) is 30.4 Å². The molecular formula is C14H21N5O. The minimum absolute atomic E-state index is 0.424. The molecule has 6 nitrogen and oxygen atoms in total. The summed E-state index contributed by atoms with van der Waals surface area (Å²) in [6.45, 7) is 6.62. The van der Waals surface area contributed by atoms with Crippen LogP contribution in [0.15, 0.2) is 18.6 Å². The normalized spacial score (nSPS) is 12.8.